The molecule has 2 amide bonds. The SMILES string of the molecule is O=C(CCN1C(=O)[C@H]2CC=CC[C@H]2C1=O)OCc1cc(=O)n2ccsc2n1. The summed E-state index contributed by atoms with van der Waals surface area (Å²) in [7, 11) is 0. The molecular weight excluding hydrogens is 370 g/mol. The molecule has 1 fully saturated rings. The molecule has 0 unspecified atom stereocenters. The molecule has 0 spiro atoms. The molecule has 9 heteroatoms. The highest BCUT2D eigenvalue weighted by Crippen LogP contribution is 2.34. The van der Waals surface area contributed by atoms with Gasteiger partial charge in [0.15, 0.2) is 4.96 Å². The summed E-state index contributed by atoms with van der Waals surface area (Å²) in [5.41, 5.74) is 0.123. The van der Waals surface area contributed by atoms with Gasteiger partial charge >= 0.3 is 5.97 Å². The number of ether oxygens (including phenoxy) is 1. The van der Waals surface area contributed by atoms with Crippen molar-refractivity contribution in [1.29, 1.82) is 0 Å². The number of imide groups is 1. The zero-order valence-electron chi connectivity index (χ0n) is 14.4. The van der Waals surface area contributed by atoms with Gasteiger partial charge in [-0.15, -0.1) is 11.3 Å². The monoisotopic (exact) mass is 387 g/mol. The number of hydrogen-bond donors (Lipinski definition) is 0. The molecule has 8 nitrogen and oxygen atoms in total. The molecule has 1 aliphatic heterocycles. The first-order valence-electron chi connectivity index (χ1n) is 8.66. The molecule has 0 aromatic carbocycles. The minimum absolute atomic E-state index is 0.0174. The lowest BCUT2D eigenvalue weighted by atomic mass is 9.85. The average molecular weight is 387 g/mol. The Balaban J connectivity index is 1.32. The molecule has 27 heavy (non-hydrogen) atoms. The number of esters is 1. The summed E-state index contributed by atoms with van der Waals surface area (Å²) in [5.74, 6) is -1.56. The summed E-state index contributed by atoms with van der Waals surface area (Å²) in [5, 5.41) is 1.75. The van der Waals surface area contributed by atoms with Crippen molar-refractivity contribution in [3.63, 3.8) is 0 Å². The number of aromatic nitrogens is 2. The predicted octanol–water partition coefficient (Wildman–Crippen LogP) is 1.14. The van der Waals surface area contributed by atoms with E-state index in [1.165, 1.54) is 26.7 Å². The van der Waals surface area contributed by atoms with Crippen molar-refractivity contribution in [2.75, 3.05) is 6.54 Å². The van der Waals surface area contributed by atoms with Crippen molar-refractivity contribution in [3.8, 4) is 0 Å². The molecular formula is C18H17N3O5S. The van der Waals surface area contributed by atoms with Crippen molar-refractivity contribution in [3.05, 3.63) is 45.8 Å². The molecule has 0 radical (unpaired) electrons. The Morgan fingerprint density at radius 1 is 1.19 bits per heavy atom. The Hall–Kier alpha value is -2.81. The molecule has 3 heterocycles. The van der Waals surface area contributed by atoms with Crippen LogP contribution < -0.4 is 5.56 Å². The van der Waals surface area contributed by atoms with E-state index in [1.54, 1.807) is 11.6 Å². The topological polar surface area (TPSA) is 98.0 Å². The number of carbonyl (C=O) groups is 3. The Labute approximate surface area is 158 Å². The zero-order valence-corrected chi connectivity index (χ0v) is 15.2. The quantitative estimate of drug-likeness (QED) is 0.434. The fraction of sp³-hybridized carbons (Fsp3) is 0.389. The molecule has 2 aliphatic rings. The first kappa shape index (κ1) is 17.6. The molecule has 0 bridgehead atoms. The molecule has 2 atom stereocenters. The lowest BCUT2D eigenvalue weighted by molar-refractivity contribution is -0.146. The van der Waals surface area contributed by atoms with E-state index in [0.29, 0.717) is 23.5 Å². The third-order valence-electron chi connectivity index (χ3n) is 4.88. The van der Waals surface area contributed by atoms with Crippen molar-refractivity contribution >= 4 is 34.1 Å². The molecule has 0 N–H and O–H groups in total. The van der Waals surface area contributed by atoms with Gasteiger partial charge in [0.05, 0.1) is 24.0 Å². The largest absolute Gasteiger partial charge is 0.459 e. The summed E-state index contributed by atoms with van der Waals surface area (Å²) in [6, 6.07) is 1.32. The summed E-state index contributed by atoms with van der Waals surface area (Å²) in [6.45, 7) is -0.108. The van der Waals surface area contributed by atoms with E-state index in [2.05, 4.69) is 4.98 Å². The summed E-state index contributed by atoms with van der Waals surface area (Å²) >= 11 is 1.31. The molecule has 140 valence electrons. The van der Waals surface area contributed by atoms with Crippen LogP contribution in [-0.4, -0.2) is 38.6 Å². The number of rotatable bonds is 5. The third kappa shape index (κ3) is 3.30. The van der Waals surface area contributed by atoms with E-state index in [0.717, 1.165) is 0 Å². The lowest BCUT2D eigenvalue weighted by Crippen LogP contribution is -2.33. The van der Waals surface area contributed by atoms with E-state index in [1.807, 2.05) is 12.2 Å². The molecule has 2 aromatic heterocycles. The van der Waals surface area contributed by atoms with E-state index in [4.69, 9.17) is 4.74 Å². The van der Waals surface area contributed by atoms with E-state index >= 15 is 0 Å². The fourth-order valence-electron chi connectivity index (χ4n) is 3.48. The number of fused-ring (bicyclic) bond motifs is 2. The maximum absolute atomic E-state index is 12.4. The smallest absolute Gasteiger partial charge is 0.307 e. The minimum Gasteiger partial charge on any atom is -0.459 e. The van der Waals surface area contributed by atoms with E-state index in [9.17, 15) is 19.2 Å². The number of carbonyl (C=O) groups excluding carboxylic acids is 3. The second kappa shape index (κ2) is 7.07. The van der Waals surface area contributed by atoms with Crippen LogP contribution in [0.1, 0.15) is 25.0 Å². The van der Waals surface area contributed by atoms with Gasteiger partial charge in [-0.25, -0.2) is 4.98 Å². The van der Waals surface area contributed by atoms with Crippen LogP contribution in [0.5, 0.6) is 0 Å². The summed E-state index contributed by atoms with van der Waals surface area (Å²) in [6.07, 6.45) is 6.53. The highest BCUT2D eigenvalue weighted by Gasteiger charge is 2.46. The van der Waals surface area contributed by atoms with Crippen LogP contribution in [-0.2, 0) is 25.7 Å². The number of nitrogens with zero attached hydrogens (tertiary/aromatic N) is 3. The second-order valence-corrected chi connectivity index (χ2v) is 7.41. The van der Waals surface area contributed by atoms with Gasteiger partial charge in [0.2, 0.25) is 11.8 Å². The average Bonchev–Trinajstić information content (AvgIpc) is 3.23. The first-order chi connectivity index (χ1) is 13.0. The van der Waals surface area contributed by atoms with Crippen LogP contribution >= 0.6 is 11.3 Å². The van der Waals surface area contributed by atoms with Gasteiger partial charge in [-0.05, 0) is 12.8 Å². The van der Waals surface area contributed by atoms with Crippen LogP contribution in [0, 0.1) is 11.8 Å². The van der Waals surface area contributed by atoms with Gasteiger partial charge in [-0.1, -0.05) is 12.2 Å². The number of likely N-dealkylation sites (tertiary alicyclic amines) is 1. The molecule has 1 saturated heterocycles. The first-order valence-corrected chi connectivity index (χ1v) is 9.54. The Morgan fingerprint density at radius 2 is 1.89 bits per heavy atom. The predicted molar refractivity (Wildman–Crippen MR) is 95.8 cm³/mol. The Morgan fingerprint density at radius 3 is 2.59 bits per heavy atom. The van der Waals surface area contributed by atoms with Crippen LogP contribution in [0.4, 0.5) is 0 Å². The van der Waals surface area contributed by atoms with Gasteiger partial charge in [-0.3, -0.25) is 28.5 Å². The fourth-order valence-corrected chi connectivity index (χ4v) is 4.22. The van der Waals surface area contributed by atoms with Crippen molar-refractivity contribution in [2.45, 2.75) is 25.9 Å². The van der Waals surface area contributed by atoms with Gasteiger partial charge < -0.3 is 4.74 Å². The highest BCUT2D eigenvalue weighted by molar-refractivity contribution is 7.15. The van der Waals surface area contributed by atoms with Crippen molar-refractivity contribution < 1.29 is 19.1 Å². The standard InChI is InChI=1S/C18H17N3O5S/c22-14-9-11(19-18-20(14)7-8-27-18)10-26-15(23)5-6-21-16(24)12-3-1-2-4-13(12)17(21)25/h1-2,7-9,12-13H,3-6,10H2/t12-,13+. The molecule has 4 rings (SSSR count). The van der Waals surface area contributed by atoms with Crippen LogP contribution in [0.25, 0.3) is 4.96 Å². The second-order valence-electron chi connectivity index (χ2n) is 6.54. The Bertz CT molecular complexity index is 982. The number of hydrogen-bond acceptors (Lipinski definition) is 7. The number of amides is 2. The number of allylic oxidation sites excluding steroid dienone is 2. The van der Waals surface area contributed by atoms with Crippen LogP contribution in [0.15, 0.2) is 34.6 Å². The highest BCUT2D eigenvalue weighted by atomic mass is 32.1. The van der Waals surface area contributed by atoms with Crippen LogP contribution in [0.2, 0.25) is 0 Å². The Kier molecular flexibility index (Phi) is 4.61. The van der Waals surface area contributed by atoms with E-state index in [-0.39, 0.29) is 48.8 Å². The van der Waals surface area contributed by atoms with Gasteiger partial charge in [0.1, 0.15) is 6.61 Å². The summed E-state index contributed by atoms with van der Waals surface area (Å²) in [4.78, 5) is 54.6. The van der Waals surface area contributed by atoms with Crippen molar-refractivity contribution in [2.24, 2.45) is 11.8 Å². The lowest BCUT2D eigenvalue weighted by Gasteiger charge is -2.14. The molecule has 2 aromatic rings. The van der Waals surface area contributed by atoms with E-state index < -0.39 is 5.97 Å². The maximum Gasteiger partial charge on any atom is 0.307 e. The van der Waals surface area contributed by atoms with Crippen molar-refractivity contribution in [1.82, 2.24) is 14.3 Å². The summed E-state index contributed by atoms with van der Waals surface area (Å²) < 4.78 is 6.56. The van der Waals surface area contributed by atoms with Gasteiger partial charge in [0, 0.05) is 24.2 Å². The zero-order chi connectivity index (χ0) is 19.0. The van der Waals surface area contributed by atoms with Gasteiger partial charge in [-0.2, -0.15) is 0 Å². The van der Waals surface area contributed by atoms with Gasteiger partial charge in [0.25, 0.3) is 5.56 Å². The maximum atomic E-state index is 12.4. The minimum atomic E-state index is -0.545. The third-order valence-corrected chi connectivity index (χ3v) is 5.63. The molecule has 1 aliphatic carbocycles. The normalized spacial score (nSPS) is 21.7. The number of thiazole rings is 1. The molecule has 0 saturated carbocycles. The van der Waals surface area contributed by atoms with Crippen LogP contribution in [0.3, 0.4) is 0 Å².